The minimum atomic E-state index is -0.442. The summed E-state index contributed by atoms with van der Waals surface area (Å²) in [5, 5.41) is 8.46. The lowest BCUT2D eigenvalue weighted by Gasteiger charge is -2.21. The normalized spacial score (nSPS) is 12.4. The average molecular weight is 481 g/mol. The molecule has 3 heterocycles. The summed E-state index contributed by atoms with van der Waals surface area (Å²) in [7, 11) is 11.6. The standard InChI is InChI=1S/C26H25BFN7O/c1-15(12-34(2)3)36-22-10-16(17-11-31-35(4)13-17)9-21-24(22)26(30-14-29-21)33-20-7-6-19-18(25(20)28)5-8-23(27)32-19/h5-11,13-15H,12H2,1-4H3,(H,29,30,33). The van der Waals surface area contributed by atoms with Crippen molar-refractivity contribution in [1.29, 1.82) is 0 Å². The molecule has 5 rings (SSSR count). The molecule has 0 saturated heterocycles. The third kappa shape index (κ3) is 4.72. The maximum absolute atomic E-state index is 15.4. The summed E-state index contributed by atoms with van der Waals surface area (Å²) in [4.78, 5) is 15.2. The largest absolute Gasteiger partial charge is 0.489 e. The molecule has 0 spiro atoms. The van der Waals surface area contributed by atoms with Crippen LogP contribution >= 0.6 is 0 Å². The molecule has 0 aliphatic carbocycles. The number of aromatic nitrogens is 5. The molecule has 8 nitrogen and oxygen atoms in total. The number of halogens is 1. The van der Waals surface area contributed by atoms with Crippen molar-refractivity contribution in [2.45, 2.75) is 13.0 Å². The van der Waals surface area contributed by atoms with Gasteiger partial charge >= 0.3 is 0 Å². The second-order valence-electron chi connectivity index (χ2n) is 9.04. The van der Waals surface area contributed by atoms with Crippen molar-refractivity contribution >= 4 is 46.8 Å². The van der Waals surface area contributed by atoms with Gasteiger partial charge in [-0.1, -0.05) is 6.07 Å². The van der Waals surface area contributed by atoms with Crippen LogP contribution in [-0.2, 0) is 7.05 Å². The van der Waals surface area contributed by atoms with Gasteiger partial charge in [-0.25, -0.2) is 14.4 Å². The number of nitrogens with one attached hydrogen (secondary N) is 1. The highest BCUT2D eigenvalue weighted by atomic mass is 19.1. The number of fused-ring (bicyclic) bond motifs is 2. The van der Waals surface area contributed by atoms with Crippen molar-refractivity contribution in [3.63, 3.8) is 0 Å². The number of nitrogens with zero attached hydrogens (tertiary/aromatic N) is 6. The second kappa shape index (κ2) is 9.54. The van der Waals surface area contributed by atoms with Crippen LogP contribution in [0.2, 0.25) is 0 Å². The maximum Gasteiger partial charge on any atom is 0.156 e. The van der Waals surface area contributed by atoms with Crippen molar-refractivity contribution in [3.8, 4) is 16.9 Å². The van der Waals surface area contributed by atoms with Crippen LogP contribution in [0, 0.1) is 5.82 Å². The number of aryl methyl sites for hydroxylation is 1. The number of benzene rings is 2. The van der Waals surface area contributed by atoms with Gasteiger partial charge in [-0.15, -0.1) is 0 Å². The third-order valence-electron chi connectivity index (χ3n) is 5.77. The predicted molar refractivity (Wildman–Crippen MR) is 141 cm³/mol. The molecule has 1 N–H and O–H groups in total. The fourth-order valence-electron chi connectivity index (χ4n) is 4.25. The molecule has 2 aromatic carbocycles. The van der Waals surface area contributed by atoms with Crippen molar-refractivity contribution < 1.29 is 9.13 Å². The number of ether oxygens (including phenoxy) is 1. The van der Waals surface area contributed by atoms with Crippen LogP contribution in [0.25, 0.3) is 32.9 Å². The maximum atomic E-state index is 15.4. The molecule has 2 radical (unpaired) electrons. The van der Waals surface area contributed by atoms with E-state index < -0.39 is 5.82 Å². The Balaban J connectivity index is 1.63. The van der Waals surface area contributed by atoms with E-state index in [-0.39, 0.29) is 11.8 Å². The summed E-state index contributed by atoms with van der Waals surface area (Å²) in [6.07, 6.45) is 5.06. The highest BCUT2D eigenvalue weighted by molar-refractivity contribution is 6.31. The van der Waals surface area contributed by atoms with Gasteiger partial charge in [-0.2, -0.15) is 5.10 Å². The first-order chi connectivity index (χ1) is 17.3. The zero-order chi connectivity index (χ0) is 25.4. The number of rotatable bonds is 7. The summed E-state index contributed by atoms with van der Waals surface area (Å²) in [5.74, 6) is 0.591. The Bertz CT molecular complexity index is 1570. The van der Waals surface area contributed by atoms with Crippen LogP contribution in [0.4, 0.5) is 15.9 Å². The zero-order valence-electron chi connectivity index (χ0n) is 20.5. The topological polar surface area (TPSA) is 81.0 Å². The van der Waals surface area contributed by atoms with Crippen molar-refractivity contribution in [1.82, 2.24) is 29.6 Å². The van der Waals surface area contributed by atoms with Gasteiger partial charge in [0.05, 0.1) is 28.3 Å². The minimum Gasteiger partial charge on any atom is -0.489 e. The van der Waals surface area contributed by atoms with Gasteiger partial charge in [0.1, 0.15) is 31.8 Å². The third-order valence-corrected chi connectivity index (χ3v) is 5.77. The first-order valence-corrected chi connectivity index (χ1v) is 11.5. The Morgan fingerprint density at radius 1 is 1.11 bits per heavy atom. The number of hydrogen-bond donors (Lipinski definition) is 1. The fraction of sp³-hybridized carbons (Fsp3) is 0.231. The Morgan fingerprint density at radius 3 is 2.69 bits per heavy atom. The van der Waals surface area contributed by atoms with Crippen LogP contribution in [0.15, 0.2) is 55.1 Å². The van der Waals surface area contributed by atoms with E-state index in [0.717, 1.165) is 11.1 Å². The van der Waals surface area contributed by atoms with E-state index in [1.54, 1.807) is 35.1 Å². The van der Waals surface area contributed by atoms with Gasteiger partial charge in [0.2, 0.25) is 0 Å². The molecule has 180 valence electrons. The number of hydrogen-bond acceptors (Lipinski definition) is 7. The van der Waals surface area contributed by atoms with E-state index >= 15 is 4.39 Å². The number of anilines is 2. The number of likely N-dealkylation sites (N-methyl/N-ethyl adjacent to an activating group) is 1. The lowest BCUT2D eigenvalue weighted by molar-refractivity contribution is 0.179. The Labute approximate surface area is 209 Å². The van der Waals surface area contributed by atoms with Gasteiger partial charge in [-0.05, 0) is 62.5 Å². The van der Waals surface area contributed by atoms with E-state index in [4.69, 9.17) is 12.6 Å². The summed E-state index contributed by atoms with van der Waals surface area (Å²) >= 11 is 0. The number of pyridine rings is 1. The lowest BCUT2D eigenvalue weighted by Crippen LogP contribution is -2.28. The molecule has 1 unspecified atom stereocenters. The smallest absolute Gasteiger partial charge is 0.156 e. The first kappa shape index (κ1) is 23.7. The molecule has 0 amide bonds. The van der Waals surface area contributed by atoms with Gasteiger partial charge in [0.25, 0.3) is 0 Å². The fourth-order valence-corrected chi connectivity index (χ4v) is 4.25. The van der Waals surface area contributed by atoms with Gasteiger partial charge in [0, 0.05) is 30.7 Å². The van der Waals surface area contributed by atoms with Gasteiger partial charge in [0.15, 0.2) is 5.82 Å². The van der Waals surface area contributed by atoms with E-state index in [0.29, 0.717) is 45.5 Å². The Kier molecular flexibility index (Phi) is 6.28. The molecule has 36 heavy (non-hydrogen) atoms. The van der Waals surface area contributed by atoms with E-state index in [1.165, 1.54) is 6.33 Å². The van der Waals surface area contributed by atoms with Crippen molar-refractivity contribution in [2.24, 2.45) is 7.05 Å². The van der Waals surface area contributed by atoms with Crippen molar-refractivity contribution in [3.05, 3.63) is 60.9 Å². The average Bonchev–Trinajstić information content (AvgIpc) is 3.26. The molecule has 0 aliphatic heterocycles. The molecule has 3 aromatic heterocycles. The predicted octanol–water partition coefficient (Wildman–Crippen LogP) is 3.58. The minimum absolute atomic E-state index is 0.116. The molecule has 0 bridgehead atoms. The molecular formula is C26H25BFN7O. The quantitative estimate of drug-likeness (QED) is 0.356. The molecule has 5 aromatic rings. The van der Waals surface area contributed by atoms with Crippen LogP contribution in [0.1, 0.15) is 6.92 Å². The molecule has 10 heteroatoms. The van der Waals surface area contributed by atoms with Crippen molar-refractivity contribution in [2.75, 3.05) is 26.0 Å². The van der Waals surface area contributed by atoms with E-state index in [2.05, 4.69) is 30.3 Å². The van der Waals surface area contributed by atoms with Gasteiger partial charge < -0.3 is 15.0 Å². The van der Waals surface area contributed by atoms with Crippen LogP contribution in [-0.4, -0.2) is 64.2 Å². The summed E-state index contributed by atoms with van der Waals surface area (Å²) < 4.78 is 23.5. The highest BCUT2D eigenvalue weighted by Gasteiger charge is 2.18. The molecule has 0 aliphatic rings. The van der Waals surface area contributed by atoms with E-state index in [1.807, 2.05) is 46.4 Å². The molecular weight excluding hydrogens is 456 g/mol. The molecule has 0 saturated carbocycles. The second-order valence-corrected chi connectivity index (χ2v) is 9.04. The van der Waals surface area contributed by atoms with Crippen LogP contribution in [0.5, 0.6) is 5.75 Å². The van der Waals surface area contributed by atoms with E-state index in [9.17, 15) is 0 Å². The monoisotopic (exact) mass is 481 g/mol. The first-order valence-electron chi connectivity index (χ1n) is 11.5. The summed E-state index contributed by atoms with van der Waals surface area (Å²) in [6, 6.07) is 10.4. The molecule has 0 fully saturated rings. The van der Waals surface area contributed by atoms with Crippen LogP contribution in [0.3, 0.4) is 0 Å². The summed E-state index contributed by atoms with van der Waals surface area (Å²) in [5.41, 5.74) is 3.59. The SMILES string of the molecule is [B]c1ccc2c(F)c(Nc3ncnc4cc(-c5cnn(C)c5)cc(OC(C)CN(C)C)c34)ccc2n1. The lowest BCUT2D eigenvalue weighted by atomic mass is 10.0. The highest BCUT2D eigenvalue weighted by Crippen LogP contribution is 2.37. The summed E-state index contributed by atoms with van der Waals surface area (Å²) in [6.45, 7) is 2.71. The molecule has 1 atom stereocenters. The van der Waals surface area contributed by atoms with Crippen LogP contribution < -0.4 is 15.6 Å². The Morgan fingerprint density at radius 2 is 1.94 bits per heavy atom. The Hall–Kier alpha value is -4.05. The van der Waals surface area contributed by atoms with Gasteiger partial charge in [-0.3, -0.25) is 9.67 Å². The zero-order valence-corrected chi connectivity index (χ0v) is 20.5.